The van der Waals surface area contributed by atoms with E-state index in [4.69, 9.17) is 11.6 Å². The van der Waals surface area contributed by atoms with Gasteiger partial charge >= 0.3 is 0 Å². The number of rotatable bonds is 6. The maximum atomic E-state index is 6.38. The lowest BCUT2D eigenvalue weighted by atomic mass is 9.87. The summed E-state index contributed by atoms with van der Waals surface area (Å²) in [5.41, 5.74) is 1.69. The summed E-state index contributed by atoms with van der Waals surface area (Å²) in [4.78, 5) is 4.60. The van der Waals surface area contributed by atoms with Crippen molar-refractivity contribution in [2.45, 2.75) is 25.5 Å². The van der Waals surface area contributed by atoms with Crippen molar-refractivity contribution in [2.75, 3.05) is 0 Å². The molecule has 1 aromatic carbocycles. The summed E-state index contributed by atoms with van der Waals surface area (Å²) in [6.07, 6.45) is 10.4. The van der Waals surface area contributed by atoms with E-state index in [-0.39, 0.29) is 6.04 Å². The van der Waals surface area contributed by atoms with Crippen LogP contribution in [0.25, 0.3) is 0 Å². The molecule has 1 aliphatic carbocycles. The first-order valence-electron chi connectivity index (χ1n) is 7.58. The number of allylic oxidation sites excluding steroid dienone is 4. The standard InChI is InChI=1S/C19H23ClN2/c1-4-18(16-11-6-5-7-12-16)22-19(20)21-15(3)17-13-9-8-10-14(17)2/h4-14,17-19,22H,1H2,2-3H3/b21-15+. The minimum atomic E-state index is -0.477. The molecule has 1 aliphatic rings. The average Bonchev–Trinajstić information content (AvgIpc) is 2.53. The van der Waals surface area contributed by atoms with Crippen LogP contribution >= 0.6 is 11.6 Å². The van der Waals surface area contributed by atoms with Crippen molar-refractivity contribution in [1.82, 2.24) is 5.32 Å². The summed E-state index contributed by atoms with van der Waals surface area (Å²) in [5, 5.41) is 3.29. The van der Waals surface area contributed by atoms with Crippen LogP contribution in [-0.2, 0) is 0 Å². The molecular formula is C19H23ClN2. The molecule has 22 heavy (non-hydrogen) atoms. The van der Waals surface area contributed by atoms with Gasteiger partial charge in [-0.1, -0.05) is 79.2 Å². The Balaban J connectivity index is 2.03. The van der Waals surface area contributed by atoms with Crippen LogP contribution in [-0.4, -0.2) is 11.3 Å². The Morgan fingerprint density at radius 2 is 1.95 bits per heavy atom. The second-order valence-corrected chi connectivity index (χ2v) is 5.97. The van der Waals surface area contributed by atoms with Gasteiger partial charge in [0.1, 0.15) is 0 Å². The van der Waals surface area contributed by atoms with Gasteiger partial charge in [0.05, 0.1) is 6.04 Å². The molecule has 3 heteroatoms. The highest BCUT2D eigenvalue weighted by Gasteiger charge is 2.18. The number of alkyl halides is 1. The van der Waals surface area contributed by atoms with E-state index < -0.39 is 5.62 Å². The molecule has 0 radical (unpaired) electrons. The first kappa shape index (κ1) is 16.7. The lowest BCUT2D eigenvalue weighted by molar-refractivity contribution is 0.585. The molecule has 0 heterocycles. The number of hydrogen-bond donors (Lipinski definition) is 1. The van der Waals surface area contributed by atoms with Crippen LogP contribution in [0.15, 0.2) is 72.3 Å². The van der Waals surface area contributed by atoms with E-state index in [1.54, 1.807) is 0 Å². The van der Waals surface area contributed by atoms with Crippen LogP contribution in [0, 0.1) is 11.8 Å². The molecule has 0 aliphatic heterocycles. The van der Waals surface area contributed by atoms with Crippen molar-refractivity contribution in [1.29, 1.82) is 0 Å². The van der Waals surface area contributed by atoms with Crippen LogP contribution in [0.4, 0.5) is 0 Å². The van der Waals surface area contributed by atoms with E-state index in [1.165, 1.54) is 0 Å². The topological polar surface area (TPSA) is 24.4 Å². The number of hydrogen-bond acceptors (Lipinski definition) is 2. The molecule has 0 amide bonds. The molecule has 1 aromatic rings. The van der Waals surface area contributed by atoms with Crippen LogP contribution < -0.4 is 5.32 Å². The van der Waals surface area contributed by atoms with Crippen molar-refractivity contribution in [3.63, 3.8) is 0 Å². The molecule has 0 fully saturated rings. The van der Waals surface area contributed by atoms with Gasteiger partial charge in [-0.3, -0.25) is 10.3 Å². The zero-order valence-corrected chi connectivity index (χ0v) is 13.9. The average molecular weight is 315 g/mol. The monoisotopic (exact) mass is 314 g/mol. The van der Waals surface area contributed by atoms with E-state index in [0.29, 0.717) is 11.8 Å². The first-order chi connectivity index (χ1) is 10.6. The van der Waals surface area contributed by atoms with Crippen molar-refractivity contribution < 1.29 is 0 Å². The number of benzene rings is 1. The molecule has 116 valence electrons. The zero-order valence-electron chi connectivity index (χ0n) is 13.1. The minimum Gasteiger partial charge on any atom is -0.273 e. The molecule has 2 rings (SSSR count). The number of nitrogens with one attached hydrogen (secondary N) is 1. The summed E-state index contributed by atoms with van der Waals surface area (Å²) in [6.45, 7) is 8.11. The number of aliphatic imine (C=N–C) groups is 1. The summed E-state index contributed by atoms with van der Waals surface area (Å²) in [6, 6.07) is 10.1. The van der Waals surface area contributed by atoms with E-state index in [2.05, 4.69) is 60.2 Å². The van der Waals surface area contributed by atoms with Gasteiger partial charge < -0.3 is 0 Å². The lowest BCUT2D eigenvalue weighted by Gasteiger charge is -2.22. The highest BCUT2D eigenvalue weighted by molar-refractivity contribution is 6.20. The summed E-state index contributed by atoms with van der Waals surface area (Å²) in [7, 11) is 0. The second-order valence-electron chi connectivity index (χ2n) is 5.55. The van der Waals surface area contributed by atoms with Gasteiger partial charge in [-0.05, 0) is 18.4 Å². The Labute approximate surface area is 138 Å². The van der Waals surface area contributed by atoms with Gasteiger partial charge in [0.2, 0.25) is 0 Å². The van der Waals surface area contributed by atoms with Gasteiger partial charge in [0.25, 0.3) is 0 Å². The Morgan fingerprint density at radius 3 is 2.59 bits per heavy atom. The van der Waals surface area contributed by atoms with Crippen molar-refractivity contribution in [3.05, 3.63) is 72.9 Å². The fourth-order valence-electron chi connectivity index (χ4n) is 2.65. The van der Waals surface area contributed by atoms with Crippen LogP contribution in [0.3, 0.4) is 0 Å². The van der Waals surface area contributed by atoms with E-state index >= 15 is 0 Å². The van der Waals surface area contributed by atoms with Crippen molar-refractivity contribution >= 4 is 17.3 Å². The molecule has 2 nitrogen and oxygen atoms in total. The second kappa shape index (κ2) is 8.11. The fraction of sp³-hybridized carbons (Fsp3) is 0.316. The molecule has 4 unspecified atom stereocenters. The molecule has 4 atom stereocenters. The first-order valence-corrected chi connectivity index (χ1v) is 8.02. The Hall–Kier alpha value is -1.64. The van der Waals surface area contributed by atoms with Gasteiger partial charge in [-0.15, -0.1) is 6.58 Å². The van der Waals surface area contributed by atoms with Gasteiger partial charge in [0.15, 0.2) is 5.62 Å². The Bertz CT molecular complexity index is 574. The lowest BCUT2D eigenvalue weighted by Crippen LogP contribution is -2.28. The van der Waals surface area contributed by atoms with Gasteiger partial charge in [-0.2, -0.15) is 0 Å². The molecule has 0 bridgehead atoms. The summed E-state index contributed by atoms with van der Waals surface area (Å²) in [5.74, 6) is 0.758. The number of halogens is 1. The predicted molar refractivity (Wildman–Crippen MR) is 96.2 cm³/mol. The van der Waals surface area contributed by atoms with Crippen LogP contribution in [0.5, 0.6) is 0 Å². The van der Waals surface area contributed by atoms with Crippen molar-refractivity contribution in [2.24, 2.45) is 16.8 Å². The third-order valence-electron chi connectivity index (χ3n) is 3.92. The summed E-state index contributed by atoms with van der Waals surface area (Å²) < 4.78 is 0. The SMILES string of the molecule is C=CC(NC(Cl)/N=C(\C)C1C=CC=CC1C)c1ccccc1. The molecule has 1 N–H and O–H groups in total. The highest BCUT2D eigenvalue weighted by Crippen LogP contribution is 2.22. The minimum absolute atomic E-state index is 0.0144. The molecule has 0 saturated carbocycles. The van der Waals surface area contributed by atoms with Crippen LogP contribution in [0.2, 0.25) is 0 Å². The molecule has 0 spiro atoms. The zero-order chi connectivity index (χ0) is 15.9. The third kappa shape index (κ3) is 4.43. The maximum absolute atomic E-state index is 6.38. The van der Waals surface area contributed by atoms with Gasteiger partial charge in [0, 0.05) is 11.6 Å². The Morgan fingerprint density at radius 1 is 1.27 bits per heavy atom. The normalized spacial score (nSPS) is 24.0. The van der Waals surface area contributed by atoms with Crippen molar-refractivity contribution in [3.8, 4) is 0 Å². The Kier molecular flexibility index (Phi) is 6.17. The molecule has 0 aromatic heterocycles. The highest BCUT2D eigenvalue weighted by atomic mass is 35.5. The van der Waals surface area contributed by atoms with E-state index in [0.717, 1.165) is 11.3 Å². The third-order valence-corrected chi connectivity index (χ3v) is 4.15. The quantitative estimate of drug-likeness (QED) is 0.344. The number of nitrogens with zero attached hydrogens (tertiary/aromatic N) is 1. The van der Waals surface area contributed by atoms with E-state index in [9.17, 15) is 0 Å². The summed E-state index contributed by atoms with van der Waals surface area (Å²) >= 11 is 6.38. The fourth-order valence-corrected chi connectivity index (χ4v) is 2.94. The predicted octanol–water partition coefficient (Wildman–Crippen LogP) is 4.86. The maximum Gasteiger partial charge on any atom is 0.176 e. The molecule has 0 saturated heterocycles. The smallest absolute Gasteiger partial charge is 0.176 e. The molecular weight excluding hydrogens is 292 g/mol. The van der Waals surface area contributed by atoms with Crippen LogP contribution in [0.1, 0.15) is 25.5 Å². The largest absolute Gasteiger partial charge is 0.273 e. The van der Waals surface area contributed by atoms with Gasteiger partial charge in [-0.25, -0.2) is 0 Å². The van der Waals surface area contributed by atoms with E-state index in [1.807, 2.05) is 31.2 Å².